The molecule has 0 radical (unpaired) electrons. The number of unbranched alkanes of at least 4 members (excludes halogenated alkanes) is 1. The lowest BCUT2D eigenvalue weighted by Crippen LogP contribution is -2.45. The van der Waals surface area contributed by atoms with Gasteiger partial charge in [-0.2, -0.15) is 0 Å². The van der Waals surface area contributed by atoms with Crippen LogP contribution in [0.25, 0.3) is 0 Å². The maximum Gasteiger partial charge on any atom is 0.326 e. The summed E-state index contributed by atoms with van der Waals surface area (Å²) in [6.07, 6.45) is -2.00. The van der Waals surface area contributed by atoms with Gasteiger partial charge in [0.15, 0.2) is 11.2 Å². The molecule has 1 aromatic rings. The molecule has 0 saturated heterocycles. The molecule has 5 heteroatoms. The third-order valence-electron chi connectivity index (χ3n) is 3.85. The summed E-state index contributed by atoms with van der Waals surface area (Å²) in [6.45, 7) is 3.73. The van der Waals surface area contributed by atoms with Crippen LogP contribution in [0.5, 0.6) is 0 Å². The Morgan fingerprint density at radius 2 is 2.14 bits per heavy atom. The molecule has 0 N–H and O–H groups in total. The second-order valence-corrected chi connectivity index (χ2v) is 5.43. The van der Waals surface area contributed by atoms with E-state index >= 15 is 0 Å². The average molecular weight is 296 g/mol. The van der Waals surface area contributed by atoms with E-state index in [2.05, 4.69) is 0 Å². The van der Waals surface area contributed by atoms with Gasteiger partial charge in [0.25, 0.3) is 6.43 Å². The molecular weight excluding hydrogens is 278 g/mol. The fourth-order valence-corrected chi connectivity index (χ4v) is 2.55. The van der Waals surface area contributed by atoms with Gasteiger partial charge in [-0.3, -0.25) is 9.59 Å². The molecule has 114 valence electrons. The summed E-state index contributed by atoms with van der Waals surface area (Å²) in [5, 5.41) is 0. The number of hydrogen-bond donors (Lipinski definition) is 0. The molecule has 1 aliphatic carbocycles. The number of ketones is 1. The summed E-state index contributed by atoms with van der Waals surface area (Å²) >= 11 is 0. The van der Waals surface area contributed by atoms with E-state index in [-0.39, 0.29) is 18.6 Å². The molecule has 0 bridgehead atoms. The second kappa shape index (κ2) is 5.92. The van der Waals surface area contributed by atoms with E-state index in [1.807, 2.05) is 6.92 Å². The van der Waals surface area contributed by atoms with Gasteiger partial charge in [0, 0.05) is 12.0 Å². The SMILES string of the molecule is CCCCOC(=O)C1(C(F)F)Cc2ccc(C)cc2C1=O. The summed E-state index contributed by atoms with van der Waals surface area (Å²) in [5.74, 6) is -1.93. The average Bonchev–Trinajstić information content (AvgIpc) is 2.73. The van der Waals surface area contributed by atoms with Crippen LogP contribution in [0, 0.1) is 12.3 Å². The Bertz CT molecular complexity index is 569. The van der Waals surface area contributed by atoms with Crippen molar-refractivity contribution in [1.82, 2.24) is 0 Å². The van der Waals surface area contributed by atoms with E-state index in [0.29, 0.717) is 12.0 Å². The summed E-state index contributed by atoms with van der Waals surface area (Å²) in [6, 6.07) is 4.93. The number of carbonyl (C=O) groups excluding carboxylic acids is 2. The highest BCUT2D eigenvalue weighted by Crippen LogP contribution is 2.43. The fraction of sp³-hybridized carbons (Fsp3) is 0.500. The lowest BCUT2D eigenvalue weighted by Gasteiger charge is -2.24. The van der Waals surface area contributed by atoms with Gasteiger partial charge in [0.1, 0.15) is 0 Å². The molecule has 2 rings (SSSR count). The number of rotatable bonds is 5. The van der Waals surface area contributed by atoms with Crippen molar-refractivity contribution in [2.75, 3.05) is 6.61 Å². The summed E-state index contributed by atoms with van der Waals surface area (Å²) in [7, 11) is 0. The molecule has 3 nitrogen and oxygen atoms in total. The number of halogens is 2. The number of ether oxygens (including phenoxy) is 1. The van der Waals surface area contributed by atoms with E-state index < -0.39 is 23.6 Å². The van der Waals surface area contributed by atoms with Gasteiger partial charge >= 0.3 is 5.97 Å². The minimum Gasteiger partial charge on any atom is -0.465 e. The Kier molecular flexibility index (Phi) is 4.40. The molecule has 1 atom stereocenters. The number of benzene rings is 1. The molecule has 1 aromatic carbocycles. The monoisotopic (exact) mass is 296 g/mol. The minimum absolute atomic E-state index is 0.0620. The number of esters is 1. The van der Waals surface area contributed by atoms with Gasteiger partial charge in [0.05, 0.1) is 6.61 Å². The summed E-state index contributed by atoms with van der Waals surface area (Å²) in [5.41, 5.74) is -0.878. The lowest BCUT2D eigenvalue weighted by molar-refractivity contribution is -0.160. The maximum absolute atomic E-state index is 13.5. The molecule has 0 spiro atoms. The van der Waals surface area contributed by atoms with Gasteiger partial charge < -0.3 is 4.74 Å². The minimum atomic E-state index is -3.08. The van der Waals surface area contributed by atoms with Crippen LogP contribution >= 0.6 is 0 Å². The van der Waals surface area contributed by atoms with Crippen LogP contribution in [-0.2, 0) is 16.0 Å². The van der Waals surface area contributed by atoms with Crippen LogP contribution < -0.4 is 0 Å². The van der Waals surface area contributed by atoms with E-state index in [1.165, 1.54) is 0 Å². The quantitative estimate of drug-likeness (QED) is 0.475. The highest BCUT2D eigenvalue weighted by atomic mass is 19.3. The van der Waals surface area contributed by atoms with Crippen molar-refractivity contribution in [2.24, 2.45) is 5.41 Å². The van der Waals surface area contributed by atoms with Crippen molar-refractivity contribution in [3.63, 3.8) is 0 Å². The first-order valence-electron chi connectivity index (χ1n) is 7.03. The van der Waals surface area contributed by atoms with Gasteiger partial charge in [-0.05, 0) is 25.0 Å². The third kappa shape index (κ3) is 2.57. The molecule has 0 amide bonds. The van der Waals surface area contributed by atoms with Crippen LogP contribution in [0.3, 0.4) is 0 Å². The van der Waals surface area contributed by atoms with E-state index in [1.54, 1.807) is 25.1 Å². The lowest BCUT2D eigenvalue weighted by atomic mass is 9.84. The standard InChI is InChI=1S/C16H18F2O3/c1-3-4-7-21-15(20)16(14(17)18)9-11-6-5-10(2)8-12(11)13(16)19/h5-6,8,14H,3-4,7,9H2,1-2H3. The predicted molar refractivity (Wildman–Crippen MR) is 73.5 cm³/mol. The Morgan fingerprint density at radius 3 is 2.76 bits per heavy atom. The highest BCUT2D eigenvalue weighted by molar-refractivity contribution is 6.16. The van der Waals surface area contributed by atoms with Gasteiger partial charge in [-0.15, -0.1) is 0 Å². The van der Waals surface area contributed by atoms with Crippen LogP contribution in [0.1, 0.15) is 41.3 Å². The van der Waals surface area contributed by atoms with Gasteiger partial charge in [-0.25, -0.2) is 8.78 Å². The first-order valence-corrected chi connectivity index (χ1v) is 7.03. The molecule has 1 aliphatic rings. The van der Waals surface area contributed by atoms with E-state index in [4.69, 9.17) is 4.74 Å². The molecule has 0 aromatic heterocycles. The van der Waals surface area contributed by atoms with Crippen LogP contribution in [0.4, 0.5) is 8.78 Å². The van der Waals surface area contributed by atoms with Crippen molar-refractivity contribution in [3.8, 4) is 0 Å². The molecule has 0 heterocycles. The number of alkyl halides is 2. The van der Waals surface area contributed by atoms with Crippen LogP contribution in [0.15, 0.2) is 18.2 Å². The van der Waals surface area contributed by atoms with E-state index in [0.717, 1.165) is 12.0 Å². The number of carbonyl (C=O) groups is 2. The number of aryl methyl sites for hydroxylation is 1. The Morgan fingerprint density at radius 1 is 1.43 bits per heavy atom. The molecule has 0 fully saturated rings. The van der Waals surface area contributed by atoms with Crippen molar-refractivity contribution < 1.29 is 23.1 Å². The normalized spacial score (nSPS) is 20.7. The third-order valence-corrected chi connectivity index (χ3v) is 3.85. The first-order chi connectivity index (χ1) is 9.93. The number of fused-ring (bicyclic) bond motifs is 1. The second-order valence-electron chi connectivity index (χ2n) is 5.43. The Labute approximate surface area is 122 Å². The molecule has 21 heavy (non-hydrogen) atoms. The van der Waals surface area contributed by atoms with Gasteiger partial charge in [0.2, 0.25) is 0 Å². The number of Topliss-reactive ketones (excluding diaryl/α,β-unsaturated/α-hetero) is 1. The molecule has 0 aliphatic heterocycles. The van der Waals surface area contributed by atoms with Crippen LogP contribution in [0.2, 0.25) is 0 Å². The zero-order valence-electron chi connectivity index (χ0n) is 12.1. The summed E-state index contributed by atoms with van der Waals surface area (Å²) < 4.78 is 32.0. The van der Waals surface area contributed by atoms with Crippen molar-refractivity contribution in [3.05, 3.63) is 34.9 Å². The van der Waals surface area contributed by atoms with Crippen molar-refractivity contribution in [2.45, 2.75) is 39.5 Å². The maximum atomic E-state index is 13.5. The summed E-state index contributed by atoms with van der Waals surface area (Å²) in [4.78, 5) is 24.5. The molecular formula is C16H18F2O3. The molecule has 0 saturated carbocycles. The zero-order valence-corrected chi connectivity index (χ0v) is 12.1. The van der Waals surface area contributed by atoms with Crippen molar-refractivity contribution in [1.29, 1.82) is 0 Å². The smallest absolute Gasteiger partial charge is 0.326 e. The van der Waals surface area contributed by atoms with Crippen molar-refractivity contribution >= 4 is 11.8 Å². The first kappa shape index (κ1) is 15.6. The Balaban J connectivity index is 2.33. The Hall–Kier alpha value is -1.78. The fourth-order valence-electron chi connectivity index (χ4n) is 2.55. The topological polar surface area (TPSA) is 43.4 Å². The molecule has 1 unspecified atom stereocenters. The van der Waals surface area contributed by atoms with Crippen LogP contribution in [-0.4, -0.2) is 24.8 Å². The van der Waals surface area contributed by atoms with Gasteiger partial charge in [-0.1, -0.05) is 31.0 Å². The zero-order chi connectivity index (χ0) is 15.6. The number of hydrogen-bond acceptors (Lipinski definition) is 3. The van der Waals surface area contributed by atoms with E-state index in [9.17, 15) is 18.4 Å². The predicted octanol–water partition coefficient (Wildman–Crippen LogP) is 3.33. The highest BCUT2D eigenvalue weighted by Gasteiger charge is 2.59. The largest absolute Gasteiger partial charge is 0.465 e.